The van der Waals surface area contributed by atoms with Gasteiger partial charge in [-0.2, -0.15) is 0 Å². The van der Waals surface area contributed by atoms with Crippen LogP contribution in [0.5, 0.6) is 0 Å². The number of hydrogen-bond acceptors (Lipinski definition) is 2. The highest BCUT2D eigenvalue weighted by Gasteiger charge is 2.30. The molecule has 0 amide bonds. The van der Waals surface area contributed by atoms with Gasteiger partial charge in [0.15, 0.2) is 0 Å². The van der Waals surface area contributed by atoms with Gasteiger partial charge in [0.05, 0.1) is 15.6 Å². The van der Waals surface area contributed by atoms with Crippen LogP contribution in [0.25, 0.3) is 11.0 Å². The molecular formula is C12H13BrClN3. The molecule has 0 aromatic carbocycles. The number of hydrogen-bond donors (Lipinski definition) is 0. The molecule has 1 aliphatic carbocycles. The number of rotatable bonds is 2. The Hall–Kier alpha value is -0.610. The molecule has 0 bridgehead atoms. The van der Waals surface area contributed by atoms with Gasteiger partial charge in [-0.3, -0.25) is 0 Å². The molecule has 3 rings (SSSR count). The Kier molecular flexibility index (Phi) is 2.67. The van der Waals surface area contributed by atoms with E-state index in [4.69, 9.17) is 11.6 Å². The molecule has 5 heteroatoms. The summed E-state index contributed by atoms with van der Waals surface area (Å²) in [4.78, 5) is 9.14. The molecule has 1 aliphatic rings. The number of aryl methyl sites for hydroxylation is 2. The normalized spacial score (nSPS) is 15.8. The van der Waals surface area contributed by atoms with Crippen molar-refractivity contribution < 1.29 is 0 Å². The van der Waals surface area contributed by atoms with Gasteiger partial charge >= 0.3 is 0 Å². The standard InChI is InChI=1S/C12H13BrClN3/c1-3-8-15-6(2)9-10(13)11(14)17(7-4-5-7)12(9)16-8/h7H,3-5H2,1-2H3. The summed E-state index contributed by atoms with van der Waals surface area (Å²) in [5.74, 6) is 0.888. The van der Waals surface area contributed by atoms with Crippen molar-refractivity contribution in [1.29, 1.82) is 0 Å². The monoisotopic (exact) mass is 313 g/mol. The van der Waals surface area contributed by atoms with E-state index in [2.05, 4.69) is 37.4 Å². The Morgan fingerprint density at radius 3 is 2.71 bits per heavy atom. The van der Waals surface area contributed by atoms with Crippen LogP contribution in [0.1, 0.15) is 37.3 Å². The molecule has 0 radical (unpaired) electrons. The molecule has 2 aromatic heterocycles. The van der Waals surface area contributed by atoms with Crippen LogP contribution in [0.15, 0.2) is 4.47 Å². The average molecular weight is 315 g/mol. The predicted molar refractivity (Wildman–Crippen MR) is 72.6 cm³/mol. The SMILES string of the molecule is CCc1nc(C)c2c(Br)c(Cl)n(C3CC3)c2n1. The van der Waals surface area contributed by atoms with Gasteiger partial charge in [-0.15, -0.1) is 0 Å². The maximum Gasteiger partial charge on any atom is 0.146 e. The Bertz CT molecular complexity index is 602. The highest BCUT2D eigenvalue weighted by Crippen LogP contribution is 2.44. The molecule has 0 N–H and O–H groups in total. The minimum Gasteiger partial charge on any atom is -0.312 e. The van der Waals surface area contributed by atoms with Crippen molar-refractivity contribution in [3.63, 3.8) is 0 Å². The van der Waals surface area contributed by atoms with Crippen molar-refractivity contribution in [3.8, 4) is 0 Å². The minimum atomic E-state index is 0.523. The van der Waals surface area contributed by atoms with Crippen LogP contribution in [0.2, 0.25) is 5.15 Å². The van der Waals surface area contributed by atoms with Gasteiger partial charge in [0.25, 0.3) is 0 Å². The second-order valence-electron chi connectivity index (χ2n) is 4.48. The highest BCUT2D eigenvalue weighted by atomic mass is 79.9. The molecule has 17 heavy (non-hydrogen) atoms. The summed E-state index contributed by atoms with van der Waals surface area (Å²) >= 11 is 9.95. The largest absolute Gasteiger partial charge is 0.312 e. The van der Waals surface area contributed by atoms with Crippen molar-refractivity contribution in [2.24, 2.45) is 0 Å². The molecule has 0 unspecified atom stereocenters. The van der Waals surface area contributed by atoms with Gasteiger partial charge in [-0.25, -0.2) is 9.97 Å². The molecule has 0 aliphatic heterocycles. The summed E-state index contributed by atoms with van der Waals surface area (Å²) < 4.78 is 3.08. The fraction of sp³-hybridized carbons (Fsp3) is 0.500. The lowest BCUT2D eigenvalue weighted by Gasteiger charge is -2.05. The number of halogens is 2. The maximum atomic E-state index is 6.39. The molecule has 1 fully saturated rings. The summed E-state index contributed by atoms with van der Waals surface area (Å²) in [7, 11) is 0. The Morgan fingerprint density at radius 1 is 1.41 bits per heavy atom. The van der Waals surface area contributed by atoms with Gasteiger partial charge in [0.1, 0.15) is 16.6 Å². The van der Waals surface area contributed by atoms with Crippen LogP contribution < -0.4 is 0 Å². The Labute approximate surface area is 113 Å². The summed E-state index contributed by atoms with van der Waals surface area (Å²) in [6.45, 7) is 4.09. The third-order valence-electron chi connectivity index (χ3n) is 3.19. The number of aromatic nitrogens is 3. The second kappa shape index (κ2) is 3.95. The molecule has 2 aromatic rings. The van der Waals surface area contributed by atoms with Crippen molar-refractivity contribution in [2.75, 3.05) is 0 Å². The van der Waals surface area contributed by atoms with Crippen molar-refractivity contribution >= 4 is 38.6 Å². The van der Waals surface area contributed by atoms with E-state index < -0.39 is 0 Å². The lowest BCUT2D eigenvalue weighted by Crippen LogP contribution is -2.00. The highest BCUT2D eigenvalue weighted by molar-refractivity contribution is 9.10. The fourth-order valence-electron chi connectivity index (χ4n) is 2.17. The Morgan fingerprint density at radius 2 is 2.12 bits per heavy atom. The lowest BCUT2D eigenvalue weighted by atomic mass is 10.3. The minimum absolute atomic E-state index is 0.523. The fourth-order valence-corrected chi connectivity index (χ4v) is 3.14. The first-order valence-electron chi connectivity index (χ1n) is 5.85. The van der Waals surface area contributed by atoms with Gasteiger partial charge in [-0.05, 0) is 35.7 Å². The first-order chi connectivity index (χ1) is 8.13. The first-order valence-corrected chi connectivity index (χ1v) is 7.03. The molecule has 1 saturated carbocycles. The van der Waals surface area contributed by atoms with Crippen LogP contribution in [0.4, 0.5) is 0 Å². The van der Waals surface area contributed by atoms with E-state index in [0.29, 0.717) is 6.04 Å². The average Bonchev–Trinajstić information content (AvgIpc) is 3.08. The lowest BCUT2D eigenvalue weighted by molar-refractivity contribution is 0.759. The third kappa shape index (κ3) is 1.69. The quantitative estimate of drug-likeness (QED) is 0.837. The van der Waals surface area contributed by atoms with E-state index in [1.54, 1.807) is 0 Å². The zero-order valence-corrected chi connectivity index (χ0v) is 12.1. The first kappa shape index (κ1) is 11.5. The summed E-state index contributed by atoms with van der Waals surface area (Å²) in [5.41, 5.74) is 1.98. The van der Waals surface area contributed by atoms with Crippen molar-refractivity contribution in [2.45, 2.75) is 39.2 Å². The summed E-state index contributed by atoms with van der Waals surface area (Å²) in [5, 5.41) is 1.81. The van der Waals surface area contributed by atoms with Crippen molar-refractivity contribution in [1.82, 2.24) is 14.5 Å². The van der Waals surface area contributed by atoms with E-state index in [1.807, 2.05) is 6.92 Å². The van der Waals surface area contributed by atoms with Crippen LogP contribution >= 0.6 is 27.5 Å². The van der Waals surface area contributed by atoms with Crippen LogP contribution in [-0.2, 0) is 6.42 Å². The molecule has 0 spiro atoms. The number of fused-ring (bicyclic) bond motifs is 1. The van der Waals surface area contributed by atoms with E-state index in [-0.39, 0.29) is 0 Å². The van der Waals surface area contributed by atoms with Gasteiger partial charge in [0, 0.05) is 12.5 Å². The summed E-state index contributed by atoms with van der Waals surface area (Å²) in [6, 6.07) is 0.523. The Balaban J connectivity index is 2.39. The van der Waals surface area contributed by atoms with E-state index in [9.17, 15) is 0 Å². The zero-order chi connectivity index (χ0) is 12.2. The molecule has 90 valence electrons. The smallest absolute Gasteiger partial charge is 0.146 e. The molecular weight excluding hydrogens is 302 g/mol. The zero-order valence-electron chi connectivity index (χ0n) is 9.80. The summed E-state index contributed by atoms with van der Waals surface area (Å²) in [6.07, 6.45) is 3.24. The van der Waals surface area contributed by atoms with Crippen LogP contribution in [0, 0.1) is 6.92 Å². The van der Waals surface area contributed by atoms with Crippen molar-refractivity contribution in [3.05, 3.63) is 21.1 Å². The predicted octanol–water partition coefficient (Wildman–Crippen LogP) is 4.05. The van der Waals surface area contributed by atoms with Crippen LogP contribution in [0.3, 0.4) is 0 Å². The number of nitrogens with zero attached hydrogens (tertiary/aromatic N) is 3. The molecule has 3 nitrogen and oxygen atoms in total. The van der Waals surface area contributed by atoms with E-state index in [1.165, 1.54) is 12.8 Å². The third-order valence-corrected chi connectivity index (χ3v) is 4.56. The maximum absolute atomic E-state index is 6.39. The second-order valence-corrected chi connectivity index (χ2v) is 5.63. The van der Waals surface area contributed by atoms with Gasteiger partial charge < -0.3 is 4.57 Å². The van der Waals surface area contributed by atoms with Crippen LogP contribution in [-0.4, -0.2) is 14.5 Å². The van der Waals surface area contributed by atoms with Gasteiger partial charge in [-0.1, -0.05) is 18.5 Å². The topological polar surface area (TPSA) is 30.7 Å². The molecule has 2 heterocycles. The van der Waals surface area contributed by atoms with E-state index in [0.717, 1.165) is 38.6 Å². The molecule has 0 atom stereocenters. The van der Waals surface area contributed by atoms with Gasteiger partial charge in [0.2, 0.25) is 0 Å². The molecule has 0 saturated heterocycles. The van der Waals surface area contributed by atoms with E-state index >= 15 is 0 Å².